The number of carbonyl (C=O) groups excluding carboxylic acids is 1. The Morgan fingerprint density at radius 3 is 3.00 bits per heavy atom. The molecule has 0 spiro atoms. The SMILES string of the molecule is O=C(NCCSCc1ccco1)[C@H]1CCCN(Cc2ccccc2Cl)C1. The van der Waals surface area contributed by atoms with E-state index in [1.54, 1.807) is 18.0 Å². The summed E-state index contributed by atoms with van der Waals surface area (Å²) in [6, 6.07) is 11.8. The molecule has 0 bridgehead atoms. The van der Waals surface area contributed by atoms with Gasteiger partial charge in [0.15, 0.2) is 0 Å². The van der Waals surface area contributed by atoms with Crippen LogP contribution in [-0.4, -0.2) is 36.2 Å². The Hall–Kier alpha value is -1.43. The van der Waals surface area contributed by atoms with Crippen LogP contribution in [0.15, 0.2) is 47.1 Å². The summed E-state index contributed by atoms with van der Waals surface area (Å²) in [6.07, 6.45) is 3.70. The highest BCUT2D eigenvalue weighted by atomic mass is 35.5. The van der Waals surface area contributed by atoms with E-state index in [9.17, 15) is 4.79 Å². The van der Waals surface area contributed by atoms with Gasteiger partial charge >= 0.3 is 0 Å². The van der Waals surface area contributed by atoms with Crippen LogP contribution in [0, 0.1) is 5.92 Å². The maximum absolute atomic E-state index is 12.5. The molecule has 1 aromatic carbocycles. The molecule has 2 aromatic rings. The van der Waals surface area contributed by atoms with E-state index in [2.05, 4.69) is 16.3 Å². The number of halogens is 1. The van der Waals surface area contributed by atoms with Crippen LogP contribution in [0.25, 0.3) is 0 Å². The van der Waals surface area contributed by atoms with E-state index in [0.717, 1.165) is 60.3 Å². The van der Waals surface area contributed by atoms with E-state index in [1.807, 2.05) is 30.3 Å². The first-order valence-electron chi connectivity index (χ1n) is 9.06. The van der Waals surface area contributed by atoms with Crippen molar-refractivity contribution >= 4 is 29.3 Å². The first-order valence-corrected chi connectivity index (χ1v) is 10.6. The Balaban J connectivity index is 1.38. The average Bonchev–Trinajstić information content (AvgIpc) is 3.17. The number of amides is 1. The first kappa shape index (κ1) is 19.3. The van der Waals surface area contributed by atoms with Crippen LogP contribution in [0.5, 0.6) is 0 Å². The van der Waals surface area contributed by atoms with Gasteiger partial charge in [-0.3, -0.25) is 9.69 Å². The van der Waals surface area contributed by atoms with Gasteiger partial charge in [-0.25, -0.2) is 0 Å². The van der Waals surface area contributed by atoms with Crippen molar-refractivity contribution in [1.29, 1.82) is 0 Å². The number of benzene rings is 1. The third-order valence-corrected chi connectivity index (χ3v) is 5.95. The molecule has 1 fully saturated rings. The molecule has 1 aliphatic heterocycles. The Bertz CT molecular complexity index is 693. The predicted molar refractivity (Wildman–Crippen MR) is 107 cm³/mol. The van der Waals surface area contributed by atoms with Crippen LogP contribution in [0.1, 0.15) is 24.2 Å². The van der Waals surface area contributed by atoms with E-state index in [0.29, 0.717) is 6.54 Å². The van der Waals surface area contributed by atoms with Crippen molar-refractivity contribution in [2.24, 2.45) is 5.92 Å². The van der Waals surface area contributed by atoms with Gasteiger partial charge in [0.05, 0.1) is 17.9 Å². The van der Waals surface area contributed by atoms with Crippen LogP contribution < -0.4 is 5.32 Å². The fraction of sp³-hybridized carbons (Fsp3) is 0.450. The van der Waals surface area contributed by atoms with Gasteiger partial charge in [-0.15, -0.1) is 0 Å². The molecule has 140 valence electrons. The lowest BCUT2D eigenvalue weighted by Gasteiger charge is -2.32. The summed E-state index contributed by atoms with van der Waals surface area (Å²) in [5.74, 6) is 2.96. The molecule has 1 amide bonds. The van der Waals surface area contributed by atoms with Crippen LogP contribution in [0.3, 0.4) is 0 Å². The van der Waals surface area contributed by atoms with Crippen LogP contribution >= 0.6 is 23.4 Å². The fourth-order valence-electron chi connectivity index (χ4n) is 3.24. The minimum absolute atomic E-state index is 0.0707. The number of hydrogen-bond acceptors (Lipinski definition) is 4. The summed E-state index contributed by atoms with van der Waals surface area (Å²) in [5, 5.41) is 3.88. The maximum atomic E-state index is 12.5. The third-order valence-electron chi connectivity index (χ3n) is 4.60. The maximum Gasteiger partial charge on any atom is 0.224 e. The highest BCUT2D eigenvalue weighted by Gasteiger charge is 2.25. The molecular formula is C20H25ClN2O2S. The largest absolute Gasteiger partial charge is 0.468 e. The number of likely N-dealkylation sites (tertiary alicyclic amines) is 1. The van der Waals surface area contributed by atoms with Gasteiger partial charge in [-0.05, 0) is 43.1 Å². The Labute approximate surface area is 164 Å². The molecule has 0 aliphatic carbocycles. The summed E-state index contributed by atoms with van der Waals surface area (Å²) in [5.41, 5.74) is 1.13. The summed E-state index contributed by atoms with van der Waals surface area (Å²) in [7, 11) is 0. The number of nitrogens with one attached hydrogen (secondary N) is 1. The van der Waals surface area contributed by atoms with Crippen LogP contribution in [-0.2, 0) is 17.1 Å². The number of thioether (sulfide) groups is 1. The highest BCUT2D eigenvalue weighted by molar-refractivity contribution is 7.98. The monoisotopic (exact) mass is 392 g/mol. The Morgan fingerprint density at radius 2 is 2.19 bits per heavy atom. The van der Waals surface area contributed by atoms with E-state index < -0.39 is 0 Å². The molecule has 6 heteroatoms. The number of rotatable bonds is 8. The van der Waals surface area contributed by atoms with Crippen molar-refractivity contribution in [1.82, 2.24) is 10.2 Å². The van der Waals surface area contributed by atoms with E-state index in [-0.39, 0.29) is 11.8 Å². The van der Waals surface area contributed by atoms with Gasteiger partial charge in [-0.1, -0.05) is 29.8 Å². The first-order chi connectivity index (χ1) is 12.7. The molecular weight excluding hydrogens is 368 g/mol. The number of piperidine rings is 1. The van der Waals surface area contributed by atoms with Gasteiger partial charge in [0.25, 0.3) is 0 Å². The molecule has 1 N–H and O–H groups in total. The van der Waals surface area contributed by atoms with Crippen molar-refractivity contribution in [3.63, 3.8) is 0 Å². The normalized spacial score (nSPS) is 18.0. The predicted octanol–water partition coefficient (Wildman–Crippen LogP) is 4.19. The van der Waals surface area contributed by atoms with Crippen molar-refractivity contribution in [2.45, 2.75) is 25.1 Å². The quantitative estimate of drug-likeness (QED) is 0.684. The lowest BCUT2D eigenvalue weighted by molar-refractivity contribution is -0.126. The summed E-state index contributed by atoms with van der Waals surface area (Å²) in [6.45, 7) is 3.33. The minimum atomic E-state index is 0.0707. The Kier molecular flexibility index (Phi) is 7.47. The van der Waals surface area contributed by atoms with Crippen molar-refractivity contribution < 1.29 is 9.21 Å². The lowest BCUT2D eigenvalue weighted by atomic mass is 9.96. The number of nitrogens with zero attached hydrogens (tertiary/aromatic N) is 1. The molecule has 0 radical (unpaired) electrons. The van der Waals surface area contributed by atoms with Crippen molar-refractivity contribution in [3.05, 3.63) is 59.0 Å². The zero-order valence-electron chi connectivity index (χ0n) is 14.8. The average molecular weight is 393 g/mol. The zero-order valence-corrected chi connectivity index (χ0v) is 16.4. The second-order valence-corrected chi connectivity index (χ2v) is 8.10. The second-order valence-electron chi connectivity index (χ2n) is 6.59. The van der Waals surface area contributed by atoms with Crippen molar-refractivity contribution in [3.8, 4) is 0 Å². The topological polar surface area (TPSA) is 45.5 Å². The lowest BCUT2D eigenvalue weighted by Crippen LogP contribution is -2.43. The zero-order chi connectivity index (χ0) is 18.2. The molecule has 26 heavy (non-hydrogen) atoms. The molecule has 1 aliphatic rings. The number of furan rings is 1. The number of hydrogen-bond donors (Lipinski definition) is 1. The molecule has 2 heterocycles. The van der Waals surface area contributed by atoms with Gasteiger partial charge in [0, 0.05) is 30.4 Å². The summed E-state index contributed by atoms with van der Waals surface area (Å²) < 4.78 is 5.30. The van der Waals surface area contributed by atoms with Gasteiger partial charge in [-0.2, -0.15) is 11.8 Å². The molecule has 1 atom stereocenters. The molecule has 0 unspecified atom stereocenters. The molecule has 4 nitrogen and oxygen atoms in total. The van der Waals surface area contributed by atoms with Gasteiger partial charge < -0.3 is 9.73 Å². The molecule has 1 saturated heterocycles. The minimum Gasteiger partial charge on any atom is -0.468 e. The molecule has 3 rings (SSSR count). The van der Waals surface area contributed by atoms with Gasteiger partial charge in [0.1, 0.15) is 5.76 Å². The third kappa shape index (κ3) is 5.79. The van der Waals surface area contributed by atoms with E-state index in [4.69, 9.17) is 16.0 Å². The van der Waals surface area contributed by atoms with Crippen molar-refractivity contribution in [2.75, 3.05) is 25.4 Å². The second kappa shape index (κ2) is 10.0. The summed E-state index contributed by atoms with van der Waals surface area (Å²) >= 11 is 8.03. The summed E-state index contributed by atoms with van der Waals surface area (Å²) in [4.78, 5) is 14.8. The van der Waals surface area contributed by atoms with E-state index in [1.165, 1.54) is 0 Å². The fourth-order valence-corrected chi connectivity index (χ4v) is 4.19. The van der Waals surface area contributed by atoms with Gasteiger partial charge in [0.2, 0.25) is 5.91 Å². The van der Waals surface area contributed by atoms with E-state index >= 15 is 0 Å². The molecule has 1 aromatic heterocycles. The van der Waals surface area contributed by atoms with Crippen LogP contribution in [0.2, 0.25) is 5.02 Å². The highest BCUT2D eigenvalue weighted by Crippen LogP contribution is 2.22. The smallest absolute Gasteiger partial charge is 0.224 e. The number of carbonyl (C=O) groups is 1. The van der Waals surface area contributed by atoms with Crippen LogP contribution in [0.4, 0.5) is 0 Å². The molecule has 0 saturated carbocycles. The standard InChI is InChI=1S/C20H25ClN2O2S/c21-19-8-2-1-5-16(19)13-23-10-3-6-17(14-23)20(24)22-9-12-26-15-18-7-4-11-25-18/h1-2,4-5,7-8,11,17H,3,6,9-10,12-15H2,(H,22,24)/t17-/m0/s1. The Morgan fingerprint density at radius 1 is 1.31 bits per heavy atom.